The second-order valence-electron chi connectivity index (χ2n) is 15.9. The minimum atomic E-state index is -0.613. The molecular formula is C36H36CuN12. The van der Waals surface area contributed by atoms with Gasteiger partial charge in [-0.3, -0.25) is 5.87 Å². The van der Waals surface area contributed by atoms with Crippen LogP contribution in [0.5, 0.6) is 0 Å². The standard InChI is InChI=1S/C36H36N12.Cu/c1-33(2,3)21-17(13-37)25-41-29(21)45-26-18(14-38)22(34(4,5)6)31(42-26)47-28-20(16-40)24(36(10,11)12)32(44-28)48-27-19(15-39)23(35(7,8)9)30(43-27)46-25;/h1-12H3;/q-2;+2. The SMILES string of the molecule is CC(C)(C)C1=C2N=C(N=C3N=C(N=C4N=C(N=C5N=C([N-]2)C(C#N)=C5C(C)(C)C)C(C#N)=C4C(C)(C)C)C(C#N)=C3C(C)(C)C)C1=C=[N-].[Cu+2]. The van der Waals surface area contributed by atoms with Crippen LogP contribution >= 0.6 is 0 Å². The third kappa shape index (κ3) is 6.28. The van der Waals surface area contributed by atoms with Crippen LogP contribution in [0.1, 0.15) is 83.1 Å². The van der Waals surface area contributed by atoms with Crippen molar-refractivity contribution < 1.29 is 17.1 Å². The number of nitriles is 3. The third-order valence-electron chi connectivity index (χ3n) is 7.93. The summed E-state index contributed by atoms with van der Waals surface area (Å²) in [6.07, 6.45) is 0. The van der Waals surface area contributed by atoms with Gasteiger partial charge >= 0.3 is 17.1 Å². The van der Waals surface area contributed by atoms with Crippen LogP contribution in [0.25, 0.3) is 10.7 Å². The van der Waals surface area contributed by atoms with Crippen molar-refractivity contribution in [2.75, 3.05) is 0 Å². The Labute approximate surface area is 297 Å². The summed E-state index contributed by atoms with van der Waals surface area (Å²) < 4.78 is 0. The molecule has 5 rings (SSSR count). The van der Waals surface area contributed by atoms with E-state index in [1.165, 1.54) is 0 Å². The van der Waals surface area contributed by atoms with E-state index in [0.29, 0.717) is 22.3 Å². The molecule has 5 heterocycles. The fourth-order valence-electron chi connectivity index (χ4n) is 6.06. The van der Waals surface area contributed by atoms with Crippen molar-refractivity contribution in [1.29, 1.82) is 15.8 Å². The summed E-state index contributed by atoms with van der Waals surface area (Å²) in [4.78, 5) is 33.3. The van der Waals surface area contributed by atoms with Gasteiger partial charge in [-0.2, -0.15) is 15.8 Å². The van der Waals surface area contributed by atoms with Crippen LogP contribution in [0.4, 0.5) is 0 Å². The zero-order valence-corrected chi connectivity index (χ0v) is 30.6. The van der Waals surface area contributed by atoms with Gasteiger partial charge in [0, 0.05) is 33.9 Å². The molecule has 0 saturated heterocycles. The second kappa shape index (κ2) is 12.1. The zero-order valence-electron chi connectivity index (χ0n) is 29.7. The van der Waals surface area contributed by atoms with Crippen molar-refractivity contribution in [3.8, 4) is 18.2 Å². The Bertz CT molecular complexity index is 2130. The van der Waals surface area contributed by atoms with Gasteiger partial charge in [0.2, 0.25) is 0 Å². The molecule has 13 heteroatoms. The van der Waals surface area contributed by atoms with Crippen LogP contribution in [0, 0.1) is 55.7 Å². The maximum absolute atomic E-state index is 10.5. The summed E-state index contributed by atoms with van der Waals surface area (Å²) in [7, 11) is 0. The molecule has 5 aliphatic rings. The van der Waals surface area contributed by atoms with E-state index in [1.54, 1.807) is 0 Å². The predicted octanol–water partition coefficient (Wildman–Crippen LogP) is 7.24. The van der Waals surface area contributed by atoms with E-state index < -0.39 is 21.7 Å². The fourth-order valence-corrected chi connectivity index (χ4v) is 6.06. The number of hydrogen-bond donors (Lipinski definition) is 0. The molecule has 0 amide bonds. The smallest absolute Gasteiger partial charge is 0.763 e. The van der Waals surface area contributed by atoms with Crippen molar-refractivity contribution in [1.82, 2.24) is 0 Å². The van der Waals surface area contributed by atoms with Gasteiger partial charge in [0.15, 0.2) is 23.3 Å². The van der Waals surface area contributed by atoms with E-state index in [-0.39, 0.29) is 86.0 Å². The quantitative estimate of drug-likeness (QED) is 0.190. The van der Waals surface area contributed by atoms with E-state index in [2.05, 4.69) is 24.1 Å². The molecule has 0 saturated carbocycles. The van der Waals surface area contributed by atoms with Gasteiger partial charge in [0.25, 0.3) is 0 Å². The Balaban J connectivity index is 0.00000541. The van der Waals surface area contributed by atoms with Gasteiger partial charge in [0.1, 0.15) is 35.2 Å². The molecular weight excluding hydrogens is 664 g/mol. The Morgan fingerprint density at radius 1 is 0.469 bits per heavy atom. The molecule has 0 unspecified atom stereocenters. The molecule has 49 heavy (non-hydrogen) atoms. The third-order valence-corrected chi connectivity index (χ3v) is 7.93. The number of fused-ring (bicyclic) bond motifs is 4. The van der Waals surface area contributed by atoms with Gasteiger partial charge in [-0.05, 0) is 27.2 Å². The van der Waals surface area contributed by atoms with Crippen LogP contribution in [-0.2, 0) is 17.1 Å². The maximum atomic E-state index is 10.5. The summed E-state index contributed by atoms with van der Waals surface area (Å²) in [5.74, 6) is 3.31. The largest absolute Gasteiger partial charge is 2.00 e. The Morgan fingerprint density at radius 2 is 0.816 bits per heavy atom. The average molecular weight is 700 g/mol. The number of nitrogens with zero attached hydrogens (tertiary/aromatic N) is 12. The molecule has 0 aromatic carbocycles. The topological polar surface area (TPSA) is 194 Å². The zero-order chi connectivity index (χ0) is 35.7. The number of rotatable bonds is 0. The van der Waals surface area contributed by atoms with Crippen molar-refractivity contribution in [2.24, 2.45) is 56.6 Å². The van der Waals surface area contributed by atoms with E-state index >= 15 is 0 Å². The van der Waals surface area contributed by atoms with Crippen molar-refractivity contribution >= 4 is 46.7 Å². The van der Waals surface area contributed by atoms with Crippen LogP contribution in [-0.4, -0.2) is 46.7 Å². The number of amidine groups is 7. The molecule has 0 spiro atoms. The minimum absolute atomic E-state index is 0. The van der Waals surface area contributed by atoms with E-state index in [4.69, 9.17) is 40.3 Å². The molecule has 5 aliphatic heterocycles. The predicted molar refractivity (Wildman–Crippen MR) is 190 cm³/mol. The molecule has 0 atom stereocenters. The van der Waals surface area contributed by atoms with Crippen LogP contribution in [0.15, 0.2) is 85.4 Å². The minimum Gasteiger partial charge on any atom is -0.763 e. The maximum Gasteiger partial charge on any atom is 2.00 e. The van der Waals surface area contributed by atoms with Gasteiger partial charge in [-0.25, -0.2) is 25.0 Å². The first-order chi connectivity index (χ1) is 22.1. The molecule has 1 radical (unpaired) electrons. The van der Waals surface area contributed by atoms with Gasteiger partial charge in [-0.15, -0.1) is 0 Å². The molecule has 0 fully saturated rings. The van der Waals surface area contributed by atoms with Crippen LogP contribution in [0.3, 0.4) is 0 Å². The van der Waals surface area contributed by atoms with E-state index in [0.717, 1.165) is 0 Å². The average Bonchev–Trinajstić information content (AvgIpc) is 3.67. The first-order valence-corrected chi connectivity index (χ1v) is 15.5. The molecule has 0 N–H and O–H groups in total. The fraction of sp³-hybridized carbons (Fsp3) is 0.444. The molecule has 0 aliphatic carbocycles. The Morgan fingerprint density at radius 3 is 1.18 bits per heavy atom. The normalized spacial score (nSPS) is 19.4. The van der Waals surface area contributed by atoms with Crippen molar-refractivity contribution in [2.45, 2.75) is 83.1 Å². The molecule has 251 valence electrons. The summed E-state index contributed by atoms with van der Waals surface area (Å²) >= 11 is 0. The Kier molecular flexibility index (Phi) is 9.06. The van der Waals surface area contributed by atoms with Crippen molar-refractivity contribution in [3.05, 3.63) is 61.1 Å². The summed E-state index contributed by atoms with van der Waals surface area (Å²) in [6, 6.07) is 6.80. The van der Waals surface area contributed by atoms with E-state index in [9.17, 15) is 21.2 Å². The van der Waals surface area contributed by atoms with Crippen molar-refractivity contribution in [3.63, 3.8) is 0 Å². The second-order valence-corrected chi connectivity index (χ2v) is 15.9. The summed E-state index contributed by atoms with van der Waals surface area (Å²) in [5.41, 5.74) is 0.439. The summed E-state index contributed by atoms with van der Waals surface area (Å²) in [6.45, 7) is 23.2. The molecule has 8 bridgehead atoms. The number of hydrogen-bond acceptors (Lipinski definition) is 10. The number of aliphatic imine (C=N–C) groups is 7. The molecule has 0 aromatic heterocycles. The van der Waals surface area contributed by atoms with Crippen LogP contribution in [0.2, 0.25) is 0 Å². The van der Waals surface area contributed by atoms with E-state index in [1.807, 2.05) is 83.1 Å². The first-order valence-electron chi connectivity index (χ1n) is 15.5. The monoisotopic (exact) mass is 699 g/mol. The Hall–Kier alpha value is -5.11. The first kappa shape index (κ1) is 36.7. The summed E-state index contributed by atoms with van der Waals surface area (Å²) in [5, 5.41) is 46.6. The molecule has 0 aromatic rings. The van der Waals surface area contributed by atoms with Gasteiger partial charge in [-0.1, -0.05) is 83.1 Å². The molecule has 12 nitrogen and oxygen atoms in total. The van der Waals surface area contributed by atoms with Crippen LogP contribution < -0.4 is 0 Å². The van der Waals surface area contributed by atoms with Gasteiger partial charge < -0.3 is 20.7 Å². The van der Waals surface area contributed by atoms with Gasteiger partial charge in [0.05, 0.1) is 11.4 Å².